The highest BCUT2D eigenvalue weighted by Gasteiger charge is 2.47. The molecule has 2 N–H and O–H groups in total. The highest BCUT2D eigenvalue weighted by Crippen LogP contribution is 2.46. The Morgan fingerprint density at radius 1 is 1.27 bits per heavy atom. The predicted molar refractivity (Wildman–Crippen MR) is 111 cm³/mol. The molecule has 5 nitrogen and oxygen atoms in total. The molecule has 0 unspecified atom stereocenters. The van der Waals surface area contributed by atoms with Crippen molar-refractivity contribution in [2.24, 2.45) is 21.4 Å². The predicted octanol–water partition coefficient (Wildman–Crippen LogP) is 4.59. The smallest absolute Gasteiger partial charge is 0.165 e. The third-order valence-electron chi connectivity index (χ3n) is 5.67. The van der Waals surface area contributed by atoms with Gasteiger partial charge in [0, 0.05) is 12.1 Å². The highest BCUT2D eigenvalue weighted by atomic mass is 35.5. The molecule has 1 aliphatic heterocycles. The molecule has 0 radical (unpaired) electrons. The Hall–Kier alpha value is -1.75. The number of hydrazine groups is 1. The van der Waals surface area contributed by atoms with Crippen molar-refractivity contribution in [2.45, 2.75) is 59.0 Å². The quantitative estimate of drug-likeness (QED) is 0.600. The summed E-state index contributed by atoms with van der Waals surface area (Å²) in [4.78, 5) is 5.12. The Morgan fingerprint density at radius 3 is 2.42 bits per heavy atom. The second-order valence-corrected chi connectivity index (χ2v) is 8.86. The van der Waals surface area contributed by atoms with Crippen LogP contribution < -0.4 is 15.9 Å². The number of hydrogen-bond donors (Lipinski definition) is 2. The maximum absolute atomic E-state index is 6.09. The minimum absolute atomic E-state index is 0.255. The molecule has 0 amide bonds. The summed E-state index contributed by atoms with van der Waals surface area (Å²) < 4.78 is 0. The molecule has 1 aliphatic carbocycles. The second kappa shape index (κ2) is 7.10. The molecule has 1 heterocycles. The van der Waals surface area contributed by atoms with Gasteiger partial charge in [-0.25, -0.2) is 4.99 Å². The summed E-state index contributed by atoms with van der Waals surface area (Å²) >= 11 is 6.09. The largest absolute Gasteiger partial charge is 0.313 e. The fourth-order valence-corrected chi connectivity index (χ4v) is 4.18. The van der Waals surface area contributed by atoms with Crippen molar-refractivity contribution in [3.05, 3.63) is 29.3 Å². The SMILES string of the molecule is CNN=C(C)C1=NC2(CCC(C(C)(C)C)CC2)N(c2ccc(Cl)cc2)N1. The number of benzene rings is 1. The Morgan fingerprint density at radius 2 is 1.88 bits per heavy atom. The normalized spacial score (nSPS) is 26.7. The van der Waals surface area contributed by atoms with E-state index >= 15 is 0 Å². The Balaban J connectivity index is 1.92. The molecule has 1 spiro atoms. The van der Waals surface area contributed by atoms with Gasteiger partial charge in [0.25, 0.3) is 0 Å². The van der Waals surface area contributed by atoms with Crippen molar-refractivity contribution in [1.29, 1.82) is 0 Å². The maximum atomic E-state index is 6.09. The van der Waals surface area contributed by atoms with Crippen LogP contribution in [0.3, 0.4) is 0 Å². The van der Waals surface area contributed by atoms with Crippen LogP contribution in [0.1, 0.15) is 53.4 Å². The molecule has 0 bridgehead atoms. The summed E-state index contributed by atoms with van der Waals surface area (Å²) in [5.41, 5.74) is 8.38. The standard InChI is InChI=1S/C20H30ClN5/c1-14(24-22-5)18-23-20(12-10-15(11-13-20)19(2,3)4)26(25-18)17-8-6-16(21)7-9-17/h6-9,15,22H,10-13H2,1-5H3,(H,23,25). The third-order valence-corrected chi connectivity index (χ3v) is 5.92. The van der Waals surface area contributed by atoms with Gasteiger partial charge >= 0.3 is 0 Å². The number of hydrogen-bond acceptors (Lipinski definition) is 5. The lowest BCUT2D eigenvalue weighted by Gasteiger charge is -2.45. The van der Waals surface area contributed by atoms with Crippen LogP contribution >= 0.6 is 11.6 Å². The van der Waals surface area contributed by atoms with Crippen molar-refractivity contribution in [3.63, 3.8) is 0 Å². The van der Waals surface area contributed by atoms with Gasteiger partial charge in [-0.2, -0.15) is 5.10 Å². The van der Waals surface area contributed by atoms with Gasteiger partial charge in [0.1, 0.15) is 5.71 Å². The van der Waals surface area contributed by atoms with Crippen LogP contribution in [0.4, 0.5) is 5.69 Å². The average Bonchev–Trinajstić information content (AvgIpc) is 2.94. The first kappa shape index (κ1) is 19.0. The summed E-state index contributed by atoms with van der Waals surface area (Å²) in [6.07, 6.45) is 4.41. The van der Waals surface area contributed by atoms with E-state index in [4.69, 9.17) is 16.6 Å². The van der Waals surface area contributed by atoms with Gasteiger partial charge in [0.05, 0.1) is 5.69 Å². The van der Waals surface area contributed by atoms with Crippen LogP contribution in [0.25, 0.3) is 0 Å². The number of hydrazone groups is 1. The number of halogens is 1. The van der Waals surface area contributed by atoms with E-state index in [1.807, 2.05) is 19.1 Å². The molecule has 1 aromatic rings. The maximum Gasteiger partial charge on any atom is 0.165 e. The van der Waals surface area contributed by atoms with E-state index in [1.165, 1.54) is 12.8 Å². The van der Waals surface area contributed by atoms with E-state index in [0.29, 0.717) is 5.41 Å². The van der Waals surface area contributed by atoms with E-state index in [0.717, 1.165) is 41.0 Å². The zero-order chi connectivity index (χ0) is 18.9. The van der Waals surface area contributed by atoms with Crippen LogP contribution in [0.15, 0.2) is 34.4 Å². The van der Waals surface area contributed by atoms with Gasteiger partial charge in [-0.05, 0) is 68.2 Å². The fourth-order valence-electron chi connectivity index (χ4n) is 4.05. The number of nitrogens with zero attached hydrogens (tertiary/aromatic N) is 3. The van der Waals surface area contributed by atoms with E-state index in [-0.39, 0.29) is 5.66 Å². The number of nitrogens with one attached hydrogen (secondary N) is 2. The number of aliphatic imine (C=N–C) groups is 1. The first-order valence-corrected chi connectivity index (χ1v) is 9.77. The lowest BCUT2D eigenvalue weighted by Crippen LogP contribution is -2.53. The molecule has 1 fully saturated rings. The van der Waals surface area contributed by atoms with E-state index in [9.17, 15) is 0 Å². The van der Waals surface area contributed by atoms with Crippen molar-refractivity contribution >= 4 is 28.8 Å². The fraction of sp³-hybridized carbons (Fsp3) is 0.600. The molecule has 0 aromatic heterocycles. The van der Waals surface area contributed by atoms with Crippen molar-refractivity contribution in [3.8, 4) is 0 Å². The molecule has 0 saturated heterocycles. The van der Waals surface area contributed by atoms with Crippen molar-refractivity contribution in [1.82, 2.24) is 10.9 Å². The van der Waals surface area contributed by atoms with Crippen LogP contribution in [0, 0.1) is 11.3 Å². The minimum atomic E-state index is -0.255. The molecule has 2 aliphatic rings. The van der Waals surface area contributed by atoms with Gasteiger partial charge in [-0.3, -0.25) is 10.4 Å². The molecular formula is C20H30ClN5. The summed E-state index contributed by atoms with van der Waals surface area (Å²) in [5.74, 6) is 1.56. The molecule has 6 heteroatoms. The monoisotopic (exact) mass is 375 g/mol. The topological polar surface area (TPSA) is 52.0 Å². The molecule has 142 valence electrons. The van der Waals surface area contributed by atoms with Gasteiger partial charge in [-0.15, -0.1) is 0 Å². The number of anilines is 1. The molecule has 1 aromatic carbocycles. The van der Waals surface area contributed by atoms with E-state index in [1.54, 1.807) is 7.05 Å². The minimum Gasteiger partial charge on any atom is -0.313 e. The summed E-state index contributed by atoms with van der Waals surface area (Å²) in [7, 11) is 1.81. The van der Waals surface area contributed by atoms with Gasteiger partial charge in [0.15, 0.2) is 11.5 Å². The zero-order valence-electron chi connectivity index (χ0n) is 16.4. The van der Waals surface area contributed by atoms with Crippen molar-refractivity contribution in [2.75, 3.05) is 12.1 Å². The van der Waals surface area contributed by atoms with Crippen LogP contribution in [0.5, 0.6) is 0 Å². The summed E-state index contributed by atoms with van der Waals surface area (Å²) in [6, 6.07) is 7.96. The van der Waals surface area contributed by atoms with Crippen LogP contribution in [0.2, 0.25) is 5.02 Å². The van der Waals surface area contributed by atoms with Crippen LogP contribution in [-0.2, 0) is 0 Å². The lowest BCUT2D eigenvalue weighted by molar-refractivity contribution is 0.134. The summed E-state index contributed by atoms with van der Waals surface area (Å²) in [5, 5.41) is 7.26. The average molecular weight is 376 g/mol. The Bertz CT molecular complexity index is 694. The van der Waals surface area contributed by atoms with Gasteiger partial charge in [0.2, 0.25) is 0 Å². The molecule has 0 atom stereocenters. The van der Waals surface area contributed by atoms with E-state index < -0.39 is 0 Å². The second-order valence-electron chi connectivity index (χ2n) is 8.43. The Kier molecular flexibility index (Phi) is 5.20. The highest BCUT2D eigenvalue weighted by molar-refractivity contribution is 6.41. The molecule has 1 saturated carbocycles. The number of amidine groups is 1. The van der Waals surface area contributed by atoms with Crippen molar-refractivity contribution < 1.29 is 0 Å². The lowest BCUT2D eigenvalue weighted by atomic mass is 9.69. The molecule has 26 heavy (non-hydrogen) atoms. The first-order valence-electron chi connectivity index (χ1n) is 9.39. The Labute approximate surface area is 161 Å². The summed E-state index contributed by atoms with van der Waals surface area (Å²) in [6.45, 7) is 9.01. The van der Waals surface area contributed by atoms with Gasteiger partial charge < -0.3 is 5.43 Å². The zero-order valence-corrected chi connectivity index (χ0v) is 17.2. The van der Waals surface area contributed by atoms with Crippen LogP contribution in [-0.4, -0.2) is 24.3 Å². The third kappa shape index (κ3) is 3.68. The van der Waals surface area contributed by atoms with E-state index in [2.05, 4.69) is 53.9 Å². The van der Waals surface area contributed by atoms with Gasteiger partial charge in [-0.1, -0.05) is 32.4 Å². The number of rotatable bonds is 3. The molecule has 3 rings (SSSR count). The molecular weight excluding hydrogens is 346 g/mol. The first-order chi connectivity index (χ1) is 12.2.